The van der Waals surface area contributed by atoms with E-state index in [2.05, 4.69) is 0 Å². The van der Waals surface area contributed by atoms with E-state index in [0.717, 1.165) is 23.9 Å². The predicted molar refractivity (Wildman–Crippen MR) is 50.9 cm³/mol. The quantitative estimate of drug-likeness (QED) is 0.786. The Morgan fingerprint density at radius 2 is 2.14 bits per heavy atom. The van der Waals surface area contributed by atoms with Crippen LogP contribution in [0.5, 0.6) is 0 Å². The van der Waals surface area contributed by atoms with E-state index in [0.29, 0.717) is 0 Å². The summed E-state index contributed by atoms with van der Waals surface area (Å²) in [7, 11) is 0. The van der Waals surface area contributed by atoms with Gasteiger partial charge in [0.25, 0.3) is 0 Å². The maximum atomic E-state index is 13.1. The SMILES string of the molecule is C[C@@H](Sc1ccc(F)cc1F)C(N)=O. The Morgan fingerprint density at radius 3 is 2.64 bits per heavy atom. The Bertz CT molecular complexity index is 357. The highest BCUT2D eigenvalue weighted by Gasteiger charge is 2.13. The fourth-order valence-electron chi connectivity index (χ4n) is 0.819. The molecule has 0 aliphatic heterocycles. The van der Waals surface area contributed by atoms with E-state index in [1.807, 2.05) is 0 Å². The smallest absolute Gasteiger partial charge is 0.230 e. The van der Waals surface area contributed by atoms with Crippen LogP contribution in [-0.4, -0.2) is 11.2 Å². The van der Waals surface area contributed by atoms with E-state index in [4.69, 9.17) is 5.73 Å². The first kappa shape index (κ1) is 11.0. The van der Waals surface area contributed by atoms with E-state index >= 15 is 0 Å². The van der Waals surface area contributed by atoms with Crippen LogP contribution in [0, 0.1) is 11.6 Å². The maximum Gasteiger partial charge on any atom is 0.230 e. The van der Waals surface area contributed by atoms with Crippen LogP contribution >= 0.6 is 11.8 Å². The number of hydrogen-bond acceptors (Lipinski definition) is 2. The number of primary amides is 1. The number of nitrogens with two attached hydrogens (primary N) is 1. The number of benzene rings is 1. The summed E-state index contributed by atoms with van der Waals surface area (Å²) in [5.74, 6) is -1.85. The van der Waals surface area contributed by atoms with Crippen molar-refractivity contribution in [3.8, 4) is 0 Å². The summed E-state index contributed by atoms with van der Waals surface area (Å²) < 4.78 is 25.6. The van der Waals surface area contributed by atoms with Crippen molar-refractivity contribution >= 4 is 17.7 Å². The molecule has 0 radical (unpaired) electrons. The molecule has 14 heavy (non-hydrogen) atoms. The zero-order chi connectivity index (χ0) is 10.7. The Kier molecular flexibility index (Phi) is 3.46. The molecule has 1 aromatic carbocycles. The fraction of sp³-hybridized carbons (Fsp3) is 0.222. The van der Waals surface area contributed by atoms with E-state index in [9.17, 15) is 13.6 Å². The molecule has 1 amide bonds. The van der Waals surface area contributed by atoms with Gasteiger partial charge in [0.15, 0.2) is 0 Å². The summed E-state index contributed by atoms with van der Waals surface area (Å²) in [4.78, 5) is 10.9. The van der Waals surface area contributed by atoms with Gasteiger partial charge >= 0.3 is 0 Å². The first-order chi connectivity index (χ1) is 6.50. The third kappa shape index (κ3) is 2.70. The van der Waals surface area contributed by atoms with Gasteiger partial charge in [-0.3, -0.25) is 4.79 Å². The lowest BCUT2D eigenvalue weighted by molar-refractivity contribution is -0.117. The van der Waals surface area contributed by atoms with Crippen LogP contribution in [-0.2, 0) is 4.79 Å². The Hall–Kier alpha value is -1.10. The molecule has 0 fully saturated rings. The minimum Gasteiger partial charge on any atom is -0.369 e. The number of thioether (sulfide) groups is 1. The number of amides is 1. The van der Waals surface area contributed by atoms with Crippen molar-refractivity contribution in [2.75, 3.05) is 0 Å². The second kappa shape index (κ2) is 4.41. The molecule has 0 unspecified atom stereocenters. The van der Waals surface area contributed by atoms with Crippen LogP contribution in [0.15, 0.2) is 23.1 Å². The summed E-state index contributed by atoms with van der Waals surface area (Å²) in [5.41, 5.74) is 5.01. The van der Waals surface area contributed by atoms with Crippen molar-refractivity contribution in [2.24, 2.45) is 5.73 Å². The molecule has 0 aromatic heterocycles. The van der Waals surface area contributed by atoms with Gasteiger partial charge in [0.05, 0.1) is 5.25 Å². The Balaban J connectivity index is 2.82. The van der Waals surface area contributed by atoms with Crippen molar-refractivity contribution < 1.29 is 13.6 Å². The van der Waals surface area contributed by atoms with Crippen molar-refractivity contribution in [3.63, 3.8) is 0 Å². The molecule has 1 atom stereocenters. The van der Waals surface area contributed by atoms with Crippen molar-refractivity contribution in [2.45, 2.75) is 17.1 Å². The molecular weight excluding hydrogens is 208 g/mol. The summed E-state index contributed by atoms with van der Waals surface area (Å²) in [6.45, 7) is 1.57. The summed E-state index contributed by atoms with van der Waals surface area (Å²) >= 11 is 0.971. The third-order valence-corrected chi connectivity index (χ3v) is 2.77. The molecule has 0 bridgehead atoms. The summed E-state index contributed by atoms with van der Waals surface area (Å²) in [6.07, 6.45) is 0. The van der Waals surface area contributed by atoms with Crippen LogP contribution in [0.4, 0.5) is 8.78 Å². The lowest BCUT2D eigenvalue weighted by Gasteiger charge is -2.07. The number of carbonyl (C=O) groups is 1. The molecule has 0 saturated carbocycles. The van der Waals surface area contributed by atoms with Crippen LogP contribution in [0.3, 0.4) is 0 Å². The van der Waals surface area contributed by atoms with Gasteiger partial charge in [-0.2, -0.15) is 0 Å². The average Bonchev–Trinajstić information content (AvgIpc) is 2.09. The van der Waals surface area contributed by atoms with Crippen molar-refractivity contribution in [1.29, 1.82) is 0 Å². The fourth-order valence-corrected chi connectivity index (χ4v) is 1.63. The topological polar surface area (TPSA) is 43.1 Å². The molecule has 0 aliphatic carbocycles. The molecule has 0 saturated heterocycles. The molecule has 0 spiro atoms. The van der Waals surface area contributed by atoms with Crippen LogP contribution < -0.4 is 5.73 Å². The highest BCUT2D eigenvalue weighted by Crippen LogP contribution is 2.26. The van der Waals surface area contributed by atoms with E-state index in [-0.39, 0.29) is 4.90 Å². The van der Waals surface area contributed by atoms with Gasteiger partial charge in [-0.15, -0.1) is 11.8 Å². The highest BCUT2D eigenvalue weighted by molar-refractivity contribution is 8.00. The summed E-state index contributed by atoms with van der Waals surface area (Å²) in [5, 5.41) is -0.532. The zero-order valence-electron chi connectivity index (χ0n) is 7.46. The minimum absolute atomic E-state index is 0.220. The van der Waals surface area contributed by atoms with Crippen LogP contribution in [0.1, 0.15) is 6.92 Å². The molecular formula is C9H9F2NOS. The molecule has 2 nitrogen and oxygen atoms in total. The maximum absolute atomic E-state index is 13.1. The number of rotatable bonds is 3. The van der Waals surface area contributed by atoms with Gasteiger partial charge in [0.2, 0.25) is 5.91 Å². The molecule has 2 N–H and O–H groups in total. The second-order valence-corrected chi connectivity index (χ2v) is 4.12. The third-order valence-electron chi connectivity index (χ3n) is 1.60. The highest BCUT2D eigenvalue weighted by atomic mass is 32.2. The van der Waals surface area contributed by atoms with E-state index in [1.54, 1.807) is 6.92 Å². The lowest BCUT2D eigenvalue weighted by atomic mass is 10.3. The molecule has 76 valence electrons. The zero-order valence-corrected chi connectivity index (χ0v) is 8.28. The van der Waals surface area contributed by atoms with E-state index < -0.39 is 22.8 Å². The molecule has 0 aliphatic rings. The normalized spacial score (nSPS) is 12.5. The molecule has 1 rings (SSSR count). The first-order valence-electron chi connectivity index (χ1n) is 3.91. The van der Waals surface area contributed by atoms with Crippen molar-refractivity contribution in [3.05, 3.63) is 29.8 Å². The van der Waals surface area contributed by atoms with Crippen molar-refractivity contribution in [1.82, 2.24) is 0 Å². The standard InChI is InChI=1S/C9H9F2NOS/c1-5(9(12)13)14-8-3-2-6(10)4-7(8)11/h2-5H,1H3,(H2,12,13)/t5-/m1/s1. The van der Waals surface area contributed by atoms with Gasteiger partial charge < -0.3 is 5.73 Å². The lowest BCUT2D eigenvalue weighted by Crippen LogP contribution is -2.22. The van der Waals surface area contributed by atoms with Crippen LogP contribution in [0.25, 0.3) is 0 Å². The number of carbonyl (C=O) groups excluding carboxylic acids is 1. The van der Waals surface area contributed by atoms with Gasteiger partial charge in [-0.25, -0.2) is 8.78 Å². The Morgan fingerprint density at radius 1 is 1.50 bits per heavy atom. The predicted octanol–water partition coefficient (Wildman–Crippen LogP) is 1.93. The van der Waals surface area contributed by atoms with Crippen LogP contribution in [0.2, 0.25) is 0 Å². The second-order valence-electron chi connectivity index (χ2n) is 2.74. The minimum atomic E-state index is -0.678. The average molecular weight is 217 g/mol. The summed E-state index contributed by atoms with van der Waals surface area (Å²) in [6, 6.07) is 3.20. The number of halogens is 2. The van der Waals surface area contributed by atoms with Gasteiger partial charge in [0.1, 0.15) is 11.6 Å². The molecule has 0 heterocycles. The Labute approximate surface area is 84.5 Å². The largest absolute Gasteiger partial charge is 0.369 e. The molecule has 5 heteroatoms. The van der Waals surface area contributed by atoms with Gasteiger partial charge in [-0.05, 0) is 19.1 Å². The van der Waals surface area contributed by atoms with Gasteiger partial charge in [-0.1, -0.05) is 0 Å². The first-order valence-corrected chi connectivity index (χ1v) is 4.79. The van der Waals surface area contributed by atoms with Gasteiger partial charge in [0, 0.05) is 11.0 Å². The number of hydrogen-bond donors (Lipinski definition) is 1. The molecule has 1 aromatic rings. The monoisotopic (exact) mass is 217 g/mol. The van der Waals surface area contributed by atoms with E-state index in [1.165, 1.54) is 6.07 Å².